The Hall–Kier alpha value is -2.04. The molecule has 2 fully saturated rings. The van der Waals surface area contributed by atoms with Crippen molar-refractivity contribution in [2.45, 2.75) is 38.4 Å². The van der Waals surface area contributed by atoms with E-state index in [1.165, 1.54) is 5.56 Å². The average Bonchev–Trinajstić information content (AvgIpc) is 2.64. The van der Waals surface area contributed by atoms with Crippen LogP contribution in [0.1, 0.15) is 34.3 Å². The van der Waals surface area contributed by atoms with Gasteiger partial charge in [-0.1, -0.05) is 42.5 Å². The molecule has 3 nitrogen and oxygen atoms in total. The van der Waals surface area contributed by atoms with Crippen molar-refractivity contribution >= 4 is 5.78 Å². The molecule has 2 unspecified atom stereocenters. The second kappa shape index (κ2) is 7.29. The van der Waals surface area contributed by atoms with Crippen LogP contribution in [0, 0.1) is 18.7 Å². The van der Waals surface area contributed by atoms with Crippen LogP contribution in [0.3, 0.4) is 0 Å². The van der Waals surface area contributed by atoms with Crippen LogP contribution in [-0.2, 0) is 11.3 Å². The zero-order valence-corrected chi connectivity index (χ0v) is 15.0. The molecule has 0 aromatic heterocycles. The second-order valence-corrected chi connectivity index (χ2v) is 7.47. The van der Waals surface area contributed by atoms with E-state index < -0.39 is 0 Å². The van der Waals surface area contributed by atoms with Gasteiger partial charge < -0.3 is 4.74 Å². The molecule has 2 aliphatic rings. The third kappa shape index (κ3) is 3.31. The van der Waals surface area contributed by atoms with Crippen LogP contribution in [0.2, 0.25) is 0 Å². The zero-order valence-electron chi connectivity index (χ0n) is 15.0. The molecule has 26 heavy (non-hydrogen) atoms. The van der Waals surface area contributed by atoms with Crippen molar-refractivity contribution in [3.05, 3.63) is 71.0 Å². The molecule has 4 heteroatoms. The number of benzene rings is 2. The smallest absolute Gasteiger partial charge is 0.169 e. The van der Waals surface area contributed by atoms with Crippen molar-refractivity contribution in [1.29, 1.82) is 0 Å². The predicted molar refractivity (Wildman–Crippen MR) is 98.6 cm³/mol. The number of fused-ring (bicyclic) bond motifs is 2. The molecule has 2 bridgehead atoms. The number of aryl methyl sites for hydroxylation is 1. The van der Waals surface area contributed by atoms with Crippen LogP contribution >= 0.6 is 0 Å². The molecule has 136 valence electrons. The van der Waals surface area contributed by atoms with Gasteiger partial charge in [-0.3, -0.25) is 9.69 Å². The molecule has 2 atom stereocenters. The molecule has 0 spiro atoms. The van der Waals surface area contributed by atoms with Gasteiger partial charge in [0.25, 0.3) is 0 Å². The number of Topliss-reactive ketones (excluding diaryl/α,β-unsaturated/α-hetero) is 1. The van der Waals surface area contributed by atoms with Crippen LogP contribution in [0.15, 0.2) is 48.5 Å². The summed E-state index contributed by atoms with van der Waals surface area (Å²) in [5.41, 5.74) is 2.05. The first-order valence-electron chi connectivity index (χ1n) is 9.30. The lowest BCUT2D eigenvalue weighted by Gasteiger charge is -2.48. The van der Waals surface area contributed by atoms with E-state index in [0.717, 1.165) is 19.4 Å². The standard InChI is InChI=1S/C22H24FNO2/c1-15-6-5-9-20(21(15)23)22(25)17-10-18-13-26-14-19(11-17)24(18)12-16-7-3-2-4-8-16/h2-9,17-19H,10-14H2,1H3. The number of carbonyl (C=O) groups excluding carboxylic acids is 1. The van der Waals surface area contributed by atoms with Crippen molar-refractivity contribution in [2.24, 2.45) is 5.92 Å². The molecular weight excluding hydrogens is 329 g/mol. The molecule has 2 aromatic rings. The fraction of sp³-hybridized carbons (Fsp3) is 0.409. The molecule has 0 saturated carbocycles. The maximum absolute atomic E-state index is 14.4. The number of hydrogen-bond donors (Lipinski definition) is 0. The molecular formula is C22H24FNO2. The third-order valence-corrected chi connectivity index (χ3v) is 5.71. The summed E-state index contributed by atoms with van der Waals surface area (Å²) in [7, 11) is 0. The third-order valence-electron chi connectivity index (χ3n) is 5.71. The van der Waals surface area contributed by atoms with E-state index in [2.05, 4.69) is 29.2 Å². The summed E-state index contributed by atoms with van der Waals surface area (Å²) >= 11 is 0. The van der Waals surface area contributed by atoms with Gasteiger partial charge in [0.1, 0.15) is 5.82 Å². The summed E-state index contributed by atoms with van der Waals surface area (Å²) in [5.74, 6) is -0.551. The Balaban J connectivity index is 1.52. The number of halogens is 1. The highest BCUT2D eigenvalue weighted by atomic mass is 19.1. The summed E-state index contributed by atoms with van der Waals surface area (Å²) in [6.07, 6.45) is 1.46. The summed E-state index contributed by atoms with van der Waals surface area (Å²) in [4.78, 5) is 15.4. The maximum Gasteiger partial charge on any atom is 0.169 e. The first kappa shape index (κ1) is 17.4. The normalized spacial score (nSPS) is 25.8. The Morgan fingerprint density at radius 2 is 1.77 bits per heavy atom. The van der Waals surface area contributed by atoms with Gasteiger partial charge in [0.05, 0.1) is 18.8 Å². The second-order valence-electron chi connectivity index (χ2n) is 7.47. The Morgan fingerprint density at radius 1 is 1.08 bits per heavy atom. The highest BCUT2D eigenvalue weighted by molar-refractivity contribution is 5.98. The van der Waals surface area contributed by atoms with E-state index in [0.29, 0.717) is 18.8 Å². The minimum Gasteiger partial charge on any atom is -0.378 e. The highest BCUT2D eigenvalue weighted by Gasteiger charge is 2.41. The number of rotatable bonds is 4. The van der Waals surface area contributed by atoms with E-state index in [1.807, 2.05) is 6.07 Å². The van der Waals surface area contributed by atoms with Gasteiger partial charge in [0.2, 0.25) is 0 Å². The predicted octanol–water partition coefficient (Wildman–Crippen LogP) is 4.00. The van der Waals surface area contributed by atoms with E-state index >= 15 is 0 Å². The lowest BCUT2D eigenvalue weighted by Crippen LogP contribution is -2.57. The molecule has 0 aliphatic carbocycles. The molecule has 4 rings (SSSR count). The number of ether oxygens (including phenoxy) is 1. The molecule has 2 heterocycles. The average molecular weight is 353 g/mol. The largest absolute Gasteiger partial charge is 0.378 e. The number of hydrogen-bond acceptors (Lipinski definition) is 3. The van der Waals surface area contributed by atoms with Gasteiger partial charge >= 0.3 is 0 Å². The SMILES string of the molecule is Cc1cccc(C(=O)C2CC3COCC(C2)N3Cc2ccccc2)c1F. The number of piperidine rings is 1. The summed E-state index contributed by atoms with van der Waals surface area (Å²) in [6, 6.07) is 15.9. The van der Waals surface area contributed by atoms with Crippen LogP contribution in [0.25, 0.3) is 0 Å². The molecule has 2 saturated heterocycles. The van der Waals surface area contributed by atoms with Gasteiger partial charge in [-0.25, -0.2) is 4.39 Å². The molecule has 0 amide bonds. The van der Waals surface area contributed by atoms with Crippen molar-refractivity contribution in [3.8, 4) is 0 Å². The topological polar surface area (TPSA) is 29.5 Å². The number of nitrogens with zero attached hydrogens (tertiary/aromatic N) is 1. The molecule has 2 aromatic carbocycles. The van der Waals surface area contributed by atoms with Crippen molar-refractivity contribution in [2.75, 3.05) is 13.2 Å². The van der Waals surface area contributed by atoms with Crippen LogP contribution in [-0.4, -0.2) is 36.0 Å². The zero-order chi connectivity index (χ0) is 18.1. The monoisotopic (exact) mass is 353 g/mol. The first-order valence-corrected chi connectivity index (χ1v) is 9.30. The molecule has 0 radical (unpaired) electrons. The lowest BCUT2D eigenvalue weighted by molar-refractivity contribution is -0.0873. The van der Waals surface area contributed by atoms with Gasteiger partial charge in [0.15, 0.2) is 5.78 Å². The fourth-order valence-corrected chi connectivity index (χ4v) is 4.31. The summed E-state index contributed by atoms with van der Waals surface area (Å²) in [5, 5.41) is 0. The van der Waals surface area contributed by atoms with E-state index in [-0.39, 0.29) is 35.2 Å². The fourth-order valence-electron chi connectivity index (χ4n) is 4.31. The summed E-state index contributed by atoms with van der Waals surface area (Å²) in [6.45, 7) is 3.86. The van der Waals surface area contributed by atoms with Gasteiger partial charge in [0, 0.05) is 24.5 Å². The highest BCUT2D eigenvalue weighted by Crippen LogP contribution is 2.35. The van der Waals surface area contributed by atoms with Crippen molar-refractivity contribution in [1.82, 2.24) is 4.90 Å². The van der Waals surface area contributed by atoms with Crippen molar-refractivity contribution < 1.29 is 13.9 Å². The molecule has 0 N–H and O–H groups in total. The van der Waals surface area contributed by atoms with Gasteiger partial charge in [-0.15, -0.1) is 0 Å². The van der Waals surface area contributed by atoms with Crippen LogP contribution in [0.5, 0.6) is 0 Å². The van der Waals surface area contributed by atoms with Gasteiger partial charge in [-0.05, 0) is 37.0 Å². The Bertz CT molecular complexity index is 778. The van der Waals surface area contributed by atoms with E-state index in [1.54, 1.807) is 25.1 Å². The number of ketones is 1. The number of morpholine rings is 1. The van der Waals surface area contributed by atoms with E-state index in [9.17, 15) is 9.18 Å². The summed E-state index contributed by atoms with van der Waals surface area (Å²) < 4.78 is 20.2. The maximum atomic E-state index is 14.4. The van der Waals surface area contributed by atoms with E-state index in [4.69, 9.17) is 4.74 Å². The Kier molecular flexibility index (Phi) is 4.88. The van der Waals surface area contributed by atoms with Crippen LogP contribution in [0.4, 0.5) is 4.39 Å². The first-order chi connectivity index (χ1) is 12.6. The lowest BCUT2D eigenvalue weighted by atomic mass is 9.80. The quantitative estimate of drug-likeness (QED) is 0.778. The minimum atomic E-state index is -0.370. The minimum absolute atomic E-state index is 0.0533. The Labute approximate surface area is 153 Å². The van der Waals surface area contributed by atoms with Crippen LogP contribution < -0.4 is 0 Å². The molecule has 2 aliphatic heterocycles. The Morgan fingerprint density at radius 3 is 2.46 bits per heavy atom. The van der Waals surface area contributed by atoms with Gasteiger partial charge in [-0.2, -0.15) is 0 Å². The van der Waals surface area contributed by atoms with Crippen molar-refractivity contribution in [3.63, 3.8) is 0 Å². The number of carbonyl (C=O) groups is 1.